The van der Waals surface area contributed by atoms with E-state index in [0.29, 0.717) is 6.61 Å². The van der Waals surface area contributed by atoms with E-state index in [9.17, 15) is 4.79 Å². The third-order valence-corrected chi connectivity index (χ3v) is 2.73. The van der Waals surface area contributed by atoms with Crippen LogP contribution in [0.3, 0.4) is 0 Å². The topological polar surface area (TPSA) is 83.0 Å². The predicted octanol–water partition coefficient (Wildman–Crippen LogP) is 1.71. The Labute approximate surface area is 117 Å². The SMILES string of the molecule is CC(C)(C)n1nnc(OCc2ccccc2)c1C(N)=O. The fourth-order valence-corrected chi connectivity index (χ4v) is 1.77. The van der Waals surface area contributed by atoms with E-state index in [1.807, 2.05) is 51.1 Å². The van der Waals surface area contributed by atoms with Crippen molar-refractivity contribution in [3.8, 4) is 5.88 Å². The molecular formula is C14H18N4O2. The van der Waals surface area contributed by atoms with Crippen molar-refractivity contribution in [1.29, 1.82) is 0 Å². The zero-order valence-corrected chi connectivity index (χ0v) is 11.8. The highest BCUT2D eigenvalue weighted by atomic mass is 16.5. The minimum atomic E-state index is -0.604. The fraction of sp³-hybridized carbons (Fsp3) is 0.357. The molecule has 2 rings (SSSR count). The molecule has 20 heavy (non-hydrogen) atoms. The molecule has 0 fully saturated rings. The quantitative estimate of drug-likeness (QED) is 0.920. The van der Waals surface area contributed by atoms with Crippen LogP contribution in [0.5, 0.6) is 5.88 Å². The van der Waals surface area contributed by atoms with Crippen LogP contribution in [0, 0.1) is 0 Å². The lowest BCUT2D eigenvalue weighted by Gasteiger charge is -2.20. The molecule has 0 atom stereocenters. The first-order valence-electron chi connectivity index (χ1n) is 6.32. The van der Waals surface area contributed by atoms with Gasteiger partial charge in [-0.05, 0) is 26.3 Å². The summed E-state index contributed by atoms with van der Waals surface area (Å²) in [6, 6.07) is 9.61. The summed E-state index contributed by atoms with van der Waals surface area (Å²) in [6.45, 7) is 6.04. The summed E-state index contributed by atoms with van der Waals surface area (Å²) in [5.41, 5.74) is 6.18. The first-order chi connectivity index (χ1) is 9.39. The average Bonchev–Trinajstić information content (AvgIpc) is 2.81. The first-order valence-corrected chi connectivity index (χ1v) is 6.32. The highest BCUT2D eigenvalue weighted by Gasteiger charge is 2.26. The van der Waals surface area contributed by atoms with Gasteiger partial charge < -0.3 is 10.5 Å². The Morgan fingerprint density at radius 1 is 1.30 bits per heavy atom. The van der Waals surface area contributed by atoms with E-state index in [-0.39, 0.29) is 11.6 Å². The largest absolute Gasteiger partial charge is 0.470 e. The van der Waals surface area contributed by atoms with Crippen LogP contribution in [0.25, 0.3) is 0 Å². The molecular weight excluding hydrogens is 256 g/mol. The van der Waals surface area contributed by atoms with Gasteiger partial charge in [-0.2, -0.15) is 0 Å². The van der Waals surface area contributed by atoms with E-state index in [0.717, 1.165) is 5.56 Å². The molecule has 0 aliphatic heterocycles. The minimum Gasteiger partial charge on any atom is -0.470 e. The molecule has 1 aromatic carbocycles. The zero-order valence-electron chi connectivity index (χ0n) is 11.8. The Kier molecular flexibility index (Phi) is 3.74. The van der Waals surface area contributed by atoms with Crippen molar-refractivity contribution >= 4 is 5.91 Å². The van der Waals surface area contributed by atoms with Crippen LogP contribution in [0.1, 0.15) is 36.8 Å². The number of nitrogens with two attached hydrogens (primary N) is 1. The van der Waals surface area contributed by atoms with E-state index < -0.39 is 11.4 Å². The number of carbonyl (C=O) groups is 1. The highest BCUT2D eigenvalue weighted by molar-refractivity contribution is 5.93. The normalized spacial score (nSPS) is 11.3. The lowest BCUT2D eigenvalue weighted by Crippen LogP contribution is -2.29. The van der Waals surface area contributed by atoms with Crippen LogP contribution in [0.15, 0.2) is 30.3 Å². The van der Waals surface area contributed by atoms with Crippen LogP contribution in [-0.4, -0.2) is 20.9 Å². The molecule has 1 heterocycles. The van der Waals surface area contributed by atoms with Gasteiger partial charge in [0.15, 0.2) is 5.69 Å². The van der Waals surface area contributed by atoms with E-state index in [1.165, 1.54) is 4.68 Å². The number of hydrogen-bond acceptors (Lipinski definition) is 4. The van der Waals surface area contributed by atoms with E-state index in [4.69, 9.17) is 10.5 Å². The number of rotatable bonds is 4. The van der Waals surface area contributed by atoms with Crippen molar-refractivity contribution in [3.05, 3.63) is 41.6 Å². The Hall–Kier alpha value is -2.37. The smallest absolute Gasteiger partial charge is 0.272 e. The van der Waals surface area contributed by atoms with Crippen molar-refractivity contribution in [3.63, 3.8) is 0 Å². The molecule has 0 bridgehead atoms. The Morgan fingerprint density at radius 2 is 1.95 bits per heavy atom. The van der Waals surface area contributed by atoms with Crippen molar-refractivity contribution < 1.29 is 9.53 Å². The third-order valence-electron chi connectivity index (χ3n) is 2.73. The van der Waals surface area contributed by atoms with Gasteiger partial charge in [0.2, 0.25) is 0 Å². The third kappa shape index (κ3) is 2.96. The van der Waals surface area contributed by atoms with Crippen molar-refractivity contribution in [2.45, 2.75) is 32.9 Å². The van der Waals surface area contributed by atoms with E-state index in [1.54, 1.807) is 0 Å². The Morgan fingerprint density at radius 3 is 2.50 bits per heavy atom. The van der Waals surface area contributed by atoms with Crippen LogP contribution in [-0.2, 0) is 12.1 Å². The highest BCUT2D eigenvalue weighted by Crippen LogP contribution is 2.22. The summed E-state index contributed by atoms with van der Waals surface area (Å²) in [7, 11) is 0. The molecule has 1 aromatic heterocycles. The molecule has 0 spiro atoms. The molecule has 1 amide bonds. The number of hydrogen-bond donors (Lipinski definition) is 1. The maximum absolute atomic E-state index is 11.6. The standard InChI is InChI=1S/C14H18N4O2/c1-14(2,3)18-11(12(15)19)13(16-17-18)20-9-10-7-5-4-6-8-10/h4-8H,9H2,1-3H3,(H2,15,19). The minimum absolute atomic E-state index is 0.163. The second-order valence-corrected chi connectivity index (χ2v) is 5.46. The summed E-state index contributed by atoms with van der Waals surface area (Å²) in [6.07, 6.45) is 0. The van der Waals surface area contributed by atoms with Crippen molar-refractivity contribution in [2.24, 2.45) is 5.73 Å². The van der Waals surface area contributed by atoms with E-state index in [2.05, 4.69) is 10.3 Å². The summed E-state index contributed by atoms with van der Waals surface area (Å²) < 4.78 is 7.05. The molecule has 6 nitrogen and oxygen atoms in total. The lowest BCUT2D eigenvalue weighted by molar-refractivity contribution is 0.0977. The fourth-order valence-electron chi connectivity index (χ4n) is 1.77. The molecule has 0 radical (unpaired) electrons. The zero-order chi connectivity index (χ0) is 14.8. The van der Waals surface area contributed by atoms with Gasteiger partial charge in [-0.25, -0.2) is 4.68 Å². The molecule has 0 saturated heterocycles. The Bertz CT molecular complexity index is 599. The van der Waals surface area contributed by atoms with Crippen LogP contribution >= 0.6 is 0 Å². The molecule has 0 unspecified atom stereocenters. The van der Waals surface area contributed by atoms with Crippen molar-refractivity contribution in [2.75, 3.05) is 0 Å². The van der Waals surface area contributed by atoms with Crippen molar-refractivity contribution in [1.82, 2.24) is 15.0 Å². The van der Waals surface area contributed by atoms with Gasteiger partial charge in [0.25, 0.3) is 11.8 Å². The number of amides is 1. The van der Waals surface area contributed by atoms with Gasteiger partial charge in [-0.15, -0.1) is 0 Å². The molecule has 6 heteroatoms. The van der Waals surface area contributed by atoms with Gasteiger partial charge in [0.1, 0.15) is 6.61 Å². The molecule has 2 aromatic rings. The second kappa shape index (κ2) is 5.32. The second-order valence-electron chi connectivity index (χ2n) is 5.46. The molecule has 0 aliphatic carbocycles. The number of nitrogens with zero attached hydrogens (tertiary/aromatic N) is 3. The predicted molar refractivity (Wildman–Crippen MR) is 74.3 cm³/mol. The lowest BCUT2D eigenvalue weighted by atomic mass is 10.1. The van der Waals surface area contributed by atoms with Crippen LogP contribution in [0.4, 0.5) is 0 Å². The van der Waals surface area contributed by atoms with Crippen LogP contribution < -0.4 is 10.5 Å². The van der Waals surface area contributed by atoms with Gasteiger partial charge >= 0.3 is 0 Å². The maximum Gasteiger partial charge on any atom is 0.272 e. The number of aromatic nitrogens is 3. The number of carbonyl (C=O) groups excluding carboxylic acids is 1. The summed E-state index contributed by atoms with van der Waals surface area (Å²) in [5, 5.41) is 7.87. The van der Waals surface area contributed by atoms with E-state index >= 15 is 0 Å². The first kappa shape index (κ1) is 14.0. The Balaban J connectivity index is 2.24. The monoisotopic (exact) mass is 274 g/mol. The molecule has 0 saturated carbocycles. The summed E-state index contributed by atoms with van der Waals surface area (Å²) in [5.74, 6) is -0.440. The molecule has 2 N–H and O–H groups in total. The number of ether oxygens (including phenoxy) is 1. The van der Waals surface area contributed by atoms with Gasteiger partial charge in [0.05, 0.1) is 5.54 Å². The maximum atomic E-state index is 11.6. The summed E-state index contributed by atoms with van der Waals surface area (Å²) >= 11 is 0. The molecule has 106 valence electrons. The van der Waals surface area contributed by atoms with Gasteiger partial charge in [-0.1, -0.05) is 40.6 Å². The van der Waals surface area contributed by atoms with Gasteiger partial charge in [0, 0.05) is 0 Å². The summed E-state index contributed by atoms with van der Waals surface area (Å²) in [4.78, 5) is 11.6. The molecule has 0 aliphatic rings. The number of benzene rings is 1. The number of primary amides is 1. The van der Waals surface area contributed by atoms with Gasteiger partial charge in [-0.3, -0.25) is 4.79 Å². The van der Waals surface area contributed by atoms with Crippen LogP contribution in [0.2, 0.25) is 0 Å². The average molecular weight is 274 g/mol.